The van der Waals surface area contributed by atoms with Crippen molar-refractivity contribution in [2.75, 3.05) is 11.9 Å². The number of imidazole rings is 1. The first-order valence-corrected chi connectivity index (χ1v) is 8.28. The number of anilines is 1. The maximum atomic E-state index is 12.0. The monoisotopic (exact) mass is 325 g/mol. The van der Waals surface area contributed by atoms with Gasteiger partial charge in [-0.25, -0.2) is 9.97 Å². The predicted molar refractivity (Wildman–Crippen MR) is 87.8 cm³/mol. The van der Waals surface area contributed by atoms with E-state index in [1.54, 1.807) is 35.4 Å². The van der Waals surface area contributed by atoms with E-state index in [2.05, 4.69) is 20.6 Å². The summed E-state index contributed by atoms with van der Waals surface area (Å²) in [5.41, 5.74) is 1.06. The molecule has 24 heavy (non-hydrogen) atoms. The number of amides is 2. The Hall–Kier alpha value is -2.70. The fraction of sp³-hybridized carbons (Fsp3) is 0.412. The molecular formula is C17H19N5O2. The lowest BCUT2D eigenvalue weighted by molar-refractivity contribution is -0.117. The molecule has 7 nitrogen and oxygen atoms in total. The van der Waals surface area contributed by atoms with Crippen LogP contribution in [0.4, 0.5) is 5.69 Å². The quantitative estimate of drug-likeness (QED) is 0.847. The Balaban J connectivity index is 1.39. The van der Waals surface area contributed by atoms with E-state index in [9.17, 15) is 9.59 Å². The second-order valence-electron chi connectivity index (χ2n) is 6.49. The molecule has 7 heteroatoms. The minimum atomic E-state index is -0.158. The van der Waals surface area contributed by atoms with Crippen molar-refractivity contribution in [2.45, 2.75) is 25.7 Å². The van der Waals surface area contributed by atoms with Gasteiger partial charge in [-0.05, 0) is 43.7 Å². The molecule has 0 aliphatic heterocycles. The van der Waals surface area contributed by atoms with Gasteiger partial charge in [0.1, 0.15) is 17.8 Å². The van der Waals surface area contributed by atoms with E-state index in [4.69, 9.17) is 0 Å². The number of carbonyl (C=O) groups is 2. The molecule has 0 bridgehead atoms. The largest absolute Gasteiger partial charge is 0.350 e. The normalized spacial score (nSPS) is 16.7. The van der Waals surface area contributed by atoms with Crippen LogP contribution in [0.2, 0.25) is 0 Å². The fourth-order valence-corrected chi connectivity index (χ4v) is 2.42. The van der Waals surface area contributed by atoms with E-state index in [0.717, 1.165) is 19.4 Å². The van der Waals surface area contributed by atoms with Gasteiger partial charge in [-0.15, -0.1) is 0 Å². The molecule has 0 radical (unpaired) electrons. The van der Waals surface area contributed by atoms with Crippen LogP contribution in [0.25, 0.3) is 5.82 Å². The summed E-state index contributed by atoms with van der Waals surface area (Å²) in [4.78, 5) is 32.2. The Morgan fingerprint density at radius 3 is 2.67 bits per heavy atom. The third-order valence-corrected chi connectivity index (χ3v) is 4.29. The van der Waals surface area contributed by atoms with Crippen molar-refractivity contribution in [3.8, 4) is 5.82 Å². The zero-order valence-electron chi connectivity index (χ0n) is 13.2. The topological polar surface area (TPSA) is 88.9 Å². The van der Waals surface area contributed by atoms with E-state index in [0.29, 0.717) is 23.1 Å². The van der Waals surface area contributed by atoms with Gasteiger partial charge in [0.15, 0.2) is 0 Å². The molecule has 0 unspecified atom stereocenters. The molecule has 2 heterocycles. The molecule has 0 spiro atoms. The van der Waals surface area contributed by atoms with Gasteiger partial charge in [0.25, 0.3) is 5.91 Å². The summed E-state index contributed by atoms with van der Waals surface area (Å²) >= 11 is 0. The smallest absolute Gasteiger partial charge is 0.271 e. The number of pyridine rings is 1. The van der Waals surface area contributed by atoms with Crippen molar-refractivity contribution in [3.05, 3.63) is 36.5 Å². The van der Waals surface area contributed by atoms with E-state index >= 15 is 0 Å². The van der Waals surface area contributed by atoms with Crippen molar-refractivity contribution in [1.82, 2.24) is 19.9 Å². The Labute approximate surface area is 139 Å². The zero-order chi connectivity index (χ0) is 16.5. The molecule has 2 aromatic heterocycles. The summed E-state index contributed by atoms with van der Waals surface area (Å²) in [5.74, 6) is 1.34. The Morgan fingerprint density at radius 1 is 1.17 bits per heavy atom. The van der Waals surface area contributed by atoms with Gasteiger partial charge in [-0.1, -0.05) is 0 Å². The highest BCUT2D eigenvalue weighted by atomic mass is 16.2. The minimum absolute atomic E-state index is 0.0572. The van der Waals surface area contributed by atoms with Gasteiger partial charge < -0.3 is 10.6 Å². The van der Waals surface area contributed by atoms with Crippen LogP contribution in [0.3, 0.4) is 0 Å². The molecule has 2 N–H and O–H groups in total. The molecule has 2 amide bonds. The molecule has 2 aliphatic rings. The molecule has 0 saturated heterocycles. The van der Waals surface area contributed by atoms with Gasteiger partial charge in [-0.3, -0.25) is 14.2 Å². The highest BCUT2D eigenvalue weighted by molar-refractivity contribution is 5.94. The number of hydrogen-bond donors (Lipinski definition) is 2. The first-order valence-electron chi connectivity index (χ1n) is 8.28. The number of aromatic nitrogens is 3. The lowest BCUT2D eigenvalue weighted by atomic mass is 10.3. The van der Waals surface area contributed by atoms with Gasteiger partial charge >= 0.3 is 0 Å². The Morgan fingerprint density at radius 2 is 2.00 bits per heavy atom. The fourth-order valence-electron chi connectivity index (χ4n) is 2.42. The number of carbonyl (C=O) groups excluding carboxylic acids is 2. The molecule has 0 aromatic carbocycles. The first-order chi connectivity index (χ1) is 11.7. The first kappa shape index (κ1) is 14.9. The highest BCUT2D eigenvalue weighted by Gasteiger charge is 2.29. The van der Waals surface area contributed by atoms with E-state index < -0.39 is 0 Å². The molecule has 2 aromatic rings. The van der Waals surface area contributed by atoms with Gasteiger partial charge in [-0.2, -0.15) is 0 Å². The van der Waals surface area contributed by atoms with Gasteiger partial charge in [0.05, 0.1) is 11.9 Å². The van der Waals surface area contributed by atoms with Crippen LogP contribution in [-0.2, 0) is 4.79 Å². The summed E-state index contributed by atoms with van der Waals surface area (Å²) in [6.07, 6.45) is 9.17. The van der Waals surface area contributed by atoms with E-state index in [1.807, 2.05) is 0 Å². The minimum Gasteiger partial charge on any atom is -0.350 e. The Kier molecular flexibility index (Phi) is 3.76. The number of nitrogens with one attached hydrogen (secondary N) is 2. The number of hydrogen-bond acceptors (Lipinski definition) is 4. The second kappa shape index (κ2) is 6.07. The predicted octanol–water partition coefficient (Wildman–Crippen LogP) is 1.76. The third kappa shape index (κ3) is 3.45. The van der Waals surface area contributed by atoms with Crippen molar-refractivity contribution >= 4 is 17.5 Å². The molecule has 0 atom stereocenters. The summed E-state index contributed by atoms with van der Waals surface area (Å²) in [5, 5.41) is 5.74. The summed E-state index contributed by atoms with van der Waals surface area (Å²) in [6.45, 7) is 0.722. The van der Waals surface area contributed by atoms with Gasteiger partial charge in [0, 0.05) is 18.7 Å². The molecular weight excluding hydrogens is 306 g/mol. The van der Waals surface area contributed by atoms with E-state index in [-0.39, 0.29) is 17.7 Å². The molecule has 124 valence electrons. The number of rotatable bonds is 6. The van der Waals surface area contributed by atoms with Crippen molar-refractivity contribution < 1.29 is 9.59 Å². The molecule has 2 fully saturated rings. The average molecular weight is 325 g/mol. The van der Waals surface area contributed by atoms with Crippen LogP contribution in [0.5, 0.6) is 0 Å². The Bertz CT molecular complexity index is 760. The van der Waals surface area contributed by atoms with Crippen molar-refractivity contribution in [1.29, 1.82) is 0 Å². The van der Waals surface area contributed by atoms with Crippen LogP contribution < -0.4 is 10.6 Å². The van der Waals surface area contributed by atoms with Crippen LogP contribution in [0.15, 0.2) is 30.9 Å². The molecule has 2 aliphatic carbocycles. The molecule has 2 saturated carbocycles. The van der Waals surface area contributed by atoms with Crippen molar-refractivity contribution in [2.24, 2.45) is 11.8 Å². The zero-order valence-corrected chi connectivity index (χ0v) is 13.2. The lowest BCUT2D eigenvalue weighted by Crippen LogP contribution is -2.25. The number of nitrogens with zero attached hydrogens (tertiary/aromatic N) is 3. The standard InChI is InChI=1S/C17H19N5O2/c23-16(12-3-4-12)21-13-5-6-15(18-8-13)22-9-14(20-10-22)17(24)19-7-11-1-2-11/h5-6,8-12H,1-4,7H2,(H,19,24)(H,21,23). The summed E-state index contributed by atoms with van der Waals surface area (Å²) in [7, 11) is 0. The highest BCUT2D eigenvalue weighted by Crippen LogP contribution is 2.30. The maximum Gasteiger partial charge on any atom is 0.271 e. The van der Waals surface area contributed by atoms with E-state index in [1.165, 1.54) is 12.8 Å². The molecule has 4 rings (SSSR count). The lowest BCUT2D eigenvalue weighted by Gasteiger charge is -2.05. The maximum absolute atomic E-state index is 12.0. The van der Waals surface area contributed by atoms with Crippen LogP contribution >= 0.6 is 0 Å². The second-order valence-corrected chi connectivity index (χ2v) is 6.49. The van der Waals surface area contributed by atoms with Crippen LogP contribution in [0.1, 0.15) is 36.2 Å². The van der Waals surface area contributed by atoms with Gasteiger partial charge in [0.2, 0.25) is 5.91 Å². The SMILES string of the molecule is O=C(NCC1CC1)c1cn(-c2ccc(NC(=O)C3CC3)cn2)cn1. The van der Waals surface area contributed by atoms with Crippen LogP contribution in [-0.4, -0.2) is 32.9 Å². The average Bonchev–Trinajstić information content (AvgIpc) is 3.51. The summed E-state index contributed by atoms with van der Waals surface area (Å²) < 4.78 is 1.69. The third-order valence-electron chi connectivity index (χ3n) is 4.29. The van der Waals surface area contributed by atoms with Crippen LogP contribution in [0, 0.1) is 11.8 Å². The van der Waals surface area contributed by atoms with Crippen molar-refractivity contribution in [3.63, 3.8) is 0 Å². The summed E-state index contributed by atoms with van der Waals surface area (Å²) in [6, 6.07) is 3.59.